The highest BCUT2D eigenvalue weighted by Gasteiger charge is 2.44. The number of carbonyl (C=O) groups excluding carboxylic acids is 1. The average molecular weight is 460 g/mol. The van der Waals surface area contributed by atoms with Crippen LogP contribution in [-0.4, -0.2) is 30.5 Å². The number of anilines is 2. The number of aromatic nitrogens is 5. The fourth-order valence-electron chi connectivity index (χ4n) is 4.14. The van der Waals surface area contributed by atoms with Crippen molar-refractivity contribution in [2.45, 2.75) is 37.6 Å². The largest absolute Gasteiger partial charge is 0.378 e. The molecule has 2 aliphatic carbocycles. The van der Waals surface area contributed by atoms with Crippen molar-refractivity contribution in [3.05, 3.63) is 77.0 Å². The van der Waals surface area contributed by atoms with Crippen molar-refractivity contribution in [1.29, 1.82) is 0 Å². The van der Waals surface area contributed by atoms with E-state index in [2.05, 4.69) is 30.7 Å². The molecule has 3 heterocycles. The second-order valence-electron chi connectivity index (χ2n) is 8.71. The maximum Gasteiger partial charge on any atom is 0.252 e. The first-order valence-electron chi connectivity index (χ1n) is 11.1. The van der Waals surface area contributed by atoms with Crippen LogP contribution in [0.2, 0.25) is 5.02 Å². The Labute approximate surface area is 195 Å². The lowest BCUT2D eigenvalue weighted by Gasteiger charge is -2.08. The monoisotopic (exact) mass is 459 g/mol. The van der Waals surface area contributed by atoms with Gasteiger partial charge in [-0.1, -0.05) is 23.7 Å². The molecule has 0 radical (unpaired) electrons. The summed E-state index contributed by atoms with van der Waals surface area (Å²) in [5.41, 5.74) is 3.15. The minimum Gasteiger partial charge on any atom is -0.378 e. The SMILES string of the molecule is O=C(Nc1cc(NCc2nc3ncc(C4CC4)cn3n2)ccn1)[C@H]1C[C@@H]1c1cccc(Cl)c1. The number of halogens is 1. The summed E-state index contributed by atoms with van der Waals surface area (Å²) in [6.07, 6.45) is 8.84. The third-order valence-corrected chi connectivity index (χ3v) is 6.41. The number of amides is 1. The van der Waals surface area contributed by atoms with Crippen molar-refractivity contribution in [3.8, 4) is 0 Å². The molecule has 2 N–H and O–H groups in total. The maximum absolute atomic E-state index is 12.7. The Hall–Kier alpha value is -3.52. The summed E-state index contributed by atoms with van der Waals surface area (Å²) in [6, 6.07) is 11.4. The number of nitrogens with one attached hydrogen (secondary N) is 2. The molecule has 0 saturated heterocycles. The molecule has 0 bridgehead atoms. The van der Waals surface area contributed by atoms with Crippen LogP contribution in [0, 0.1) is 5.92 Å². The van der Waals surface area contributed by atoms with Gasteiger partial charge in [-0.15, -0.1) is 5.10 Å². The highest BCUT2D eigenvalue weighted by molar-refractivity contribution is 6.30. The van der Waals surface area contributed by atoms with Crippen LogP contribution in [0.25, 0.3) is 5.78 Å². The minimum atomic E-state index is -0.0583. The average Bonchev–Trinajstić information content (AvgIpc) is 3.74. The quantitative estimate of drug-likeness (QED) is 0.425. The van der Waals surface area contributed by atoms with E-state index in [9.17, 15) is 4.79 Å². The van der Waals surface area contributed by atoms with Crippen LogP contribution in [0.15, 0.2) is 55.0 Å². The van der Waals surface area contributed by atoms with Crippen LogP contribution in [0.5, 0.6) is 0 Å². The van der Waals surface area contributed by atoms with Gasteiger partial charge in [-0.2, -0.15) is 4.98 Å². The summed E-state index contributed by atoms with van der Waals surface area (Å²) in [7, 11) is 0. The summed E-state index contributed by atoms with van der Waals surface area (Å²) in [5, 5.41) is 11.5. The molecular weight excluding hydrogens is 438 g/mol. The fourth-order valence-corrected chi connectivity index (χ4v) is 4.34. The van der Waals surface area contributed by atoms with Crippen LogP contribution < -0.4 is 10.6 Å². The minimum absolute atomic E-state index is 0.0239. The molecule has 0 spiro atoms. The third kappa shape index (κ3) is 4.39. The van der Waals surface area contributed by atoms with Crippen LogP contribution in [-0.2, 0) is 11.3 Å². The van der Waals surface area contributed by atoms with E-state index in [4.69, 9.17) is 11.6 Å². The van der Waals surface area contributed by atoms with Crippen molar-refractivity contribution in [3.63, 3.8) is 0 Å². The zero-order valence-electron chi connectivity index (χ0n) is 17.8. The van der Waals surface area contributed by atoms with Gasteiger partial charge in [-0.25, -0.2) is 14.5 Å². The Balaban J connectivity index is 1.08. The summed E-state index contributed by atoms with van der Waals surface area (Å²) in [6.45, 7) is 0.443. The molecule has 166 valence electrons. The molecule has 2 aliphatic rings. The van der Waals surface area contributed by atoms with Gasteiger partial charge in [0.05, 0.1) is 6.54 Å². The summed E-state index contributed by atoms with van der Waals surface area (Å²) < 4.78 is 1.74. The van der Waals surface area contributed by atoms with Gasteiger partial charge in [0.2, 0.25) is 5.91 Å². The molecule has 33 heavy (non-hydrogen) atoms. The number of hydrogen-bond acceptors (Lipinski definition) is 6. The molecule has 9 heteroatoms. The highest BCUT2D eigenvalue weighted by atomic mass is 35.5. The zero-order valence-corrected chi connectivity index (χ0v) is 18.5. The summed E-state index contributed by atoms with van der Waals surface area (Å²) >= 11 is 6.08. The third-order valence-electron chi connectivity index (χ3n) is 6.17. The van der Waals surface area contributed by atoms with Gasteiger partial charge in [0.25, 0.3) is 5.78 Å². The molecule has 1 aromatic carbocycles. The first-order valence-corrected chi connectivity index (χ1v) is 11.5. The Bertz CT molecular complexity index is 1350. The Kier molecular flexibility index (Phi) is 4.95. The van der Waals surface area contributed by atoms with Crippen molar-refractivity contribution in [1.82, 2.24) is 24.6 Å². The van der Waals surface area contributed by atoms with Gasteiger partial charge >= 0.3 is 0 Å². The highest BCUT2D eigenvalue weighted by Crippen LogP contribution is 2.48. The molecule has 8 nitrogen and oxygen atoms in total. The van der Waals surface area contributed by atoms with Crippen molar-refractivity contribution < 1.29 is 4.79 Å². The normalized spacial score (nSPS) is 19.4. The lowest BCUT2D eigenvalue weighted by molar-refractivity contribution is -0.117. The van der Waals surface area contributed by atoms with Crippen LogP contribution in [0.3, 0.4) is 0 Å². The second-order valence-corrected chi connectivity index (χ2v) is 9.15. The van der Waals surface area contributed by atoms with E-state index in [-0.39, 0.29) is 17.7 Å². The number of hydrogen-bond donors (Lipinski definition) is 2. The number of benzene rings is 1. The zero-order chi connectivity index (χ0) is 22.4. The molecule has 3 aromatic heterocycles. The van der Waals surface area contributed by atoms with E-state index in [1.54, 1.807) is 10.7 Å². The lowest BCUT2D eigenvalue weighted by Crippen LogP contribution is -2.15. The van der Waals surface area contributed by atoms with Gasteiger partial charge in [-0.3, -0.25) is 4.79 Å². The number of pyridine rings is 1. The molecule has 1 amide bonds. The Morgan fingerprint density at radius 2 is 2.06 bits per heavy atom. The molecule has 2 fully saturated rings. The van der Waals surface area contributed by atoms with E-state index < -0.39 is 0 Å². The summed E-state index contributed by atoms with van der Waals surface area (Å²) in [4.78, 5) is 25.9. The van der Waals surface area contributed by atoms with Gasteiger partial charge < -0.3 is 10.6 Å². The van der Waals surface area contributed by atoms with Gasteiger partial charge in [-0.05, 0) is 60.4 Å². The number of nitrogens with zero attached hydrogens (tertiary/aromatic N) is 5. The second kappa shape index (κ2) is 8.12. The van der Waals surface area contributed by atoms with E-state index in [1.807, 2.05) is 48.8 Å². The smallest absolute Gasteiger partial charge is 0.252 e. The van der Waals surface area contributed by atoms with E-state index in [1.165, 1.54) is 18.4 Å². The van der Waals surface area contributed by atoms with Gasteiger partial charge in [0.1, 0.15) is 5.82 Å². The molecule has 4 aromatic rings. The fraction of sp³-hybridized carbons (Fsp3) is 0.292. The first kappa shape index (κ1) is 20.1. The van der Waals surface area contributed by atoms with Crippen LogP contribution >= 0.6 is 11.6 Å². The van der Waals surface area contributed by atoms with Crippen molar-refractivity contribution in [2.24, 2.45) is 5.92 Å². The summed E-state index contributed by atoms with van der Waals surface area (Å²) in [5.74, 6) is 2.51. The van der Waals surface area contributed by atoms with E-state index in [0.717, 1.165) is 17.7 Å². The molecule has 2 saturated carbocycles. The maximum atomic E-state index is 12.7. The van der Waals surface area contributed by atoms with Crippen molar-refractivity contribution >= 4 is 34.8 Å². The number of fused-ring (bicyclic) bond motifs is 1. The molecule has 2 atom stereocenters. The molecule has 0 unspecified atom stereocenters. The van der Waals surface area contributed by atoms with Crippen LogP contribution in [0.4, 0.5) is 11.5 Å². The molecular formula is C24H22ClN7O. The topological polar surface area (TPSA) is 97.1 Å². The standard InChI is InChI=1S/C24H22ClN7O/c25-17-3-1-2-15(8-17)19-10-20(19)23(33)29-21-9-18(6-7-26-21)27-12-22-30-24-28-11-16(14-4-5-14)13-32(24)31-22/h1-3,6-9,11,13-14,19-20H,4-5,10,12H2,(H2,26,27,29,33)/t19-,20+/m1/s1. The Morgan fingerprint density at radius 3 is 2.91 bits per heavy atom. The lowest BCUT2D eigenvalue weighted by atomic mass is 10.1. The van der Waals surface area contributed by atoms with Crippen molar-refractivity contribution in [2.75, 3.05) is 10.6 Å². The van der Waals surface area contributed by atoms with E-state index >= 15 is 0 Å². The number of rotatable bonds is 7. The van der Waals surface area contributed by atoms with E-state index in [0.29, 0.717) is 34.9 Å². The molecule has 6 rings (SSSR count). The first-order chi connectivity index (χ1) is 16.1. The van der Waals surface area contributed by atoms with Gasteiger partial charge in [0, 0.05) is 41.3 Å². The predicted octanol–water partition coefficient (Wildman–Crippen LogP) is 4.40. The predicted molar refractivity (Wildman–Crippen MR) is 125 cm³/mol. The van der Waals surface area contributed by atoms with Crippen LogP contribution in [0.1, 0.15) is 48.0 Å². The number of carbonyl (C=O) groups is 1. The molecule has 0 aliphatic heterocycles. The van der Waals surface area contributed by atoms with Gasteiger partial charge in [0.15, 0.2) is 5.82 Å². The Morgan fingerprint density at radius 1 is 1.15 bits per heavy atom.